The zero-order valence-corrected chi connectivity index (χ0v) is 17.4. The van der Waals surface area contributed by atoms with Crippen molar-refractivity contribution < 1.29 is 9.21 Å². The van der Waals surface area contributed by atoms with Crippen LogP contribution >= 0.6 is 11.8 Å². The Labute approximate surface area is 179 Å². The van der Waals surface area contributed by atoms with E-state index in [4.69, 9.17) is 4.42 Å². The summed E-state index contributed by atoms with van der Waals surface area (Å²) in [7, 11) is 0. The molecule has 1 atom stereocenters. The van der Waals surface area contributed by atoms with E-state index in [1.807, 2.05) is 84.6 Å². The smallest absolute Gasteiger partial charge is 0.277 e. The van der Waals surface area contributed by atoms with Gasteiger partial charge in [-0.2, -0.15) is 0 Å². The summed E-state index contributed by atoms with van der Waals surface area (Å²) in [5.41, 5.74) is 2.93. The molecular weight excluding hydrogens is 396 g/mol. The van der Waals surface area contributed by atoms with Crippen molar-refractivity contribution in [1.29, 1.82) is 0 Å². The Morgan fingerprint density at radius 1 is 0.967 bits per heavy atom. The molecule has 2 aromatic carbocycles. The van der Waals surface area contributed by atoms with Gasteiger partial charge in [0.15, 0.2) is 0 Å². The summed E-state index contributed by atoms with van der Waals surface area (Å²) < 4.78 is 5.70. The lowest BCUT2D eigenvalue weighted by Crippen LogP contribution is -2.35. The lowest BCUT2D eigenvalue weighted by Gasteiger charge is -2.25. The van der Waals surface area contributed by atoms with Crippen LogP contribution in [0.15, 0.2) is 88.6 Å². The summed E-state index contributed by atoms with van der Waals surface area (Å²) in [5.74, 6) is 0.430. The van der Waals surface area contributed by atoms with Crippen molar-refractivity contribution in [1.82, 2.24) is 20.1 Å². The first-order valence-electron chi connectivity index (χ1n) is 9.69. The molecule has 0 spiro atoms. The topological polar surface area (TPSA) is 75.0 Å². The number of rotatable bonds is 8. The van der Waals surface area contributed by atoms with Crippen LogP contribution in [-0.2, 0) is 17.9 Å². The minimum Gasteiger partial charge on any atom is -0.410 e. The zero-order chi connectivity index (χ0) is 20.8. The molecule has 2 heterocycles. The molecular formula is C23H22N4O2S. The van der Waals surface area contributed by atoms with Gasteiger partial charge >= 0.3 is 0 Å². The molecule has 2 aromatic heterocycles. The molecule has 1 N–H and O–H groups in total. The number of carbonyl (C=O) groups is 1. The van der Waals surface area contributed by atoms with Gasteiger partial charge in [0.2, 0.25) is 5.91 Å². The number of thioether (sulfide) groups is 1. The van der Waals surface area contributed by atoms with Gasteiger partial charge in [0.1, 0.15) is 5.69 Å². The molecule has 7 heteroatoms. The quantitative estimate of drug-likeness (QED) is 0.417. The maximum Gasteiger partial charge on any atom is 0.277 e. The molecule has 0 aliphatic heterocycles. The highest BCUT2D eigenvalue weighted by Crippen LogP contribution is 2.27. The van der Waals surface area contributed by atoms with E-state index in [0.717, 1.165) is 16.8 Å². The first-order chi connectivity index (χ1) is 14.7. The first-order valence-corrected chi connectivity index (χ1v) is 10.6. The minimum absolute atomic E-state index is 0.0207. The van der Waals surface area contributed by atoms with Gasteiger partial charge in [-0.3, -0.25) is 4.79 Å². The van der Waals surface area contributed by atoms with Crippen LogP contribution in [0.1, 0.15) is 18.1 Å². The Bertz CT molecular complexity index is 1020. The molecule has 0 aliphatic rings. The number of carbonyl (C=O) groups excluding carboxylic acids is 1. The summed E-state index contributed by atoms with van der Waals surface area (Å²) >= 11 is 1.27. The highest BCUT2D eigenvalue weighted by atomic mass is 32.2. The van der Waals surface area contributed by atoms with Gasteiger partial charge in [0.05, 0.1) is 5.25 Å². The molecule has 0 fully saturated rings. The molecule has 152 valence electrons. The van der Waals surface area contributed by atoms with E-state index in [2.05, 4.69) is 15.2 Å². The lowest BCUT2D eigenvalue weighted by molar-refractivity contribution is -0.131. The van der Waals surface area contributed by atoms with Crippen molar-refractivity contribution in [3.05, 3.63) is 90.1 Å². The standard InChI is InChI=1S/C23H22N4O2S/c1-17(30-23-26-25-21(29-23)20-13-8-14-24-20)22(28)27(15-18-9-4-2-5-10-18)16-19-11-6-3-7-12-19/h2-14,17,24H,15-16H2,1H3. The summed E-state index contributed by atoms with van der Waals surface area (Å²) in [4.78, 5) is 18.2. The van der Waals surface area contributed by atoms with Crippen LogP contribution in [0.2, 0.25) is 0 Å². The van der Waals surface area contributed by atoms with E-state index in [-0.39, 0.29) is 11.2 Å². The minimum atomic E-state index is -0.366. The second-order valence-corrected chi connectivity index (χ2v) is 8.17. The van der Waals surface area contributed by atoms with E-state index < -0.39 is 0 Å². The van der Waals surface area contributed by atoms with Crippen molar-refractivity contribution in [2.45, 2.75) is 30.5 Å². The van der Waals surface area contributed by atoms with Crippen LogP contribution in [0.5, 0.6) is 0 Å². The predicted octanol–water partition coefficient (Wildman–Crippen LogP) is 4.77. The van der Waals surface area contributed by atoms with Gasteiger partial charge in [0.25, 0.3) is 11.1 Å². The third kappa shape index (κ3) is 4.99. The van der Waals surface area contributed by atoms with Gasteiger partial charge in [-0.25, -0.2) is 0 Å². The summed E-state index contributed by atoms with van der Waals surface area (Å²) in [6.07, 6.45) is 1.80. The molecule has 30 heavy (non-hydrogen) atoms. The van der Waals surface area contributed by atoms with E-state index >= 15 is 0 Å². The molecule has 0 radical (unpaired) electrons. The molecule has 4 aromatic rings. The molecule has 6 nitrogen and oxygen atoms in total. The molecule has 0 saturated heterocycles. The van der Waals surface area contributed by atoms with Crippen LogP contribution in [-0.4, -0.2) is 31.2 Å². The maximum absolute atomic E-state index is 13.3. The van der Waals surface area contributed by atoms with Crippen molar-refractivity contribution >= 4 is 17.7 Å². The molecule has 0 saturated carbocycles. The third-order valence-corrected chi connectivity index (χ3v) is 5.53. The van der Waals surface area contributed by atoms with E-state index in [1.165, 1.54) is 11.8 Å². The van der Waals surface area contributed by atoms with Crippen molar-refractivity contribution in [2.24, 2.45) is 0 Å². The fourth-order valence-corrected chi connectivity index (χ4v) is 3.88. The average molecular weight is 419 g/mol. The predicted molar refractivity (Wildman–Crippen MR) is 117 cm³/mol. The lowest BCUT2D eigenvalue weighted by atomic mass is 10.1. The Morgan fingerprint density at radius 3 is 2.17 bits per heavy atom. The van der Waals surface area contributed by atoms with Crippen LogP contribution in [0.3, 0.4) is 0 Å². The maximum atomic E-state index is 13.3. The highest BCUT2D eigenvalue weighted by Gasteiger charge is 2.24. The fourth-order valence-electron chi connectivity index (χ4n) is 3.11. The van der Waals surface area contributed by atoms with Gasteiger partial charge in [0, 0.05) is 19.3 Å². The normalized spacial score (nSPS) is 11.9. The van der Waals surface area contributed by atoms with Crippen LogP contribution < -0.4 is 0 Å². The number of nitrogens with one attached hydrogen (secondary N) is 1. The summed E-state index contributed by atoms with van der Waals surface area (Å²) in [6.45, 7) is 2.95. The fraction of sp³-hybridized carbons (Fsp3) is 0.174. The summed E-state index contributed by atoms with van der Waals surface area (Å²) in [6, 6.07) is 23.7. The number of nitrogens with zero attached hydrogens (tertiary/aromatic N) is 3. The van der Waals surface area contributed by atoms with Crippen LogP contribution in [0.4, 0.5) is 0 Å². The van der Waals surface area contributed by atoms with Gasteiger partial charge in [-0.15, -0.1) is 10.2 Å². The zero-order valence-electron chi connectivity index (χ0n) is 16.6. The van der Waals surface area contributed by atoms with Crippen molar-refractivity contribution in [3.8, 4) is 11.6 Å². The Balaban J connectivity index is 1.48. The SMILES string of the molecule is CC(Sc1nnc(-c2ccc[nH]2)o1)C(=O)N(Cc1ccccc1)Cc1ccccc1. The van der Waals surface area contributed by atoms with Gasteiger partial charge < -0.3 is 14.3 Å². The summed E-state index contributed by atoms with van der Waals surface area (Å²) in [5, 5.41) is 8.14. The van der Waals surface area contributed by atoms with E-state index in [9.17, 15) is 4.79 Å². The highest BCUT2D eigenvalue weighted by molar-refractivity contribution is 8.00. The van der Waals surface area contributed by atoms with Gasteiger partial charge in [-0.1, -0.05) is 72.4 Å². The number of benzene rings is 2. The monoisotopic (exact) mass is 418 g/mol. The number of aromatic nitrogens is 3. The van der Waals surface area contributed by atoms with Crippen LogP contribution in [0, 0.1) is 0 Å². The largest absolute Gasteiger partial charge is 0.410 e. The Morgan fingerprint density at radius 2 is 1.60 bits per heavy atom. The molecule has 0 bridgehead atoms. The third-order valence-electron chi connectivity index (χ3n) is 4.60. The molecule has 1 unspecified atom stereocenters. The van der Waals surface area contributed by atoms with Gasteiger partial charge in [-0.05, 0) is 30.2 Å². The Kier molecular flexibility index (Phi) is 6.29. The number of hydrogen-bond acceptors (Lipinski definition) is 5. The van der Waals surface area contributed by atoms with Crippen molar-refractivity contribution in [2.75, 3.05) is 0 Å². The number of hydrogen-bond donors (Lipinski definition) is 1. The number of aromatic amines is 1. The second-order valence-electron chi connectivity index (χ2n) is 6.88. The van der Waals surface area contributed by atoms with Crippen LogP contribution in [0.25, 0.3) is 11.6 Å². The van der Waals surface area contributed by atoms with E-state index in [0.29, 0.717) is 24.2 Å². The van der Waals surface area contributed by atoms with Crippen molar-refractivity contribution in [3.63, 3.8) is 0 Å². The second kappa shape index (κ2) is 9.45. The Hall–Kier alpha value is -3.32. The average Bonchev–Trinajstić information content (AvgIpc) is 3.46. The number of H-pyrrole nitrogens is 1. The number of amides is 1. The van der Waals surface area contributed by atoms with E-state index in [1.54, 1.807) is 6.20 Å². The molecule has 4 rings (SSSR count). The molecule has 1 amide bonds. The first kappa shape index (κ1) is 20.0. The molecule has 0 aliphatic carbocycles.